The lowest BCUT2D eigenvalue weighted by Crippen LogP contribution is -2.49. The number of piperidine rings is 1. The van der Waals surface area contributed by atoms with Crippen molar-refractivity contribution in [2.24, 2.45) is 0 Å². The fourth-order valence-corrected chi connectivity index (χ4v) is 4.15. The number of H-pyrrole nitrogens is 1. The Bertz CT molecular complexity index is 878. The number of hydrogen-bond acceptors (Lipinski definition) is 5. The van der Waals surface area contributed by atoms with E-state index in [0.717, 1.165) is 38.0 Å². The van der Waals surface area contributed by atoms with Gasteiger partial charge in [0.2, 0.25) is 0 Å². The zero-order valence-corrected chi connectivity index (χ0v) is 18.4. The van der Waals surface area contributed by atoms with E-state index in [1.807, 2.05) is 36.2 Å². The van der Waals surface area contributed by atoms with E-state index in [4.69, 9.17) is 4.74 Å². The van der Waals surface area contributed by atoms with Gasteiger partial charge in [-0.3, -0.25) is 9.78 Å². The highest BCUT2D eigenvalue weighted by Crippen LogP contribution is 2.23. The highest BCUT2D eigenvalue weighted by Gasteiger charge is 2.30. The van der Waals surface area contributed by atoms with E-state index >= 15 is 0 Å². The number of esters is 1. The Morgan fingerprint density at radius 3 is 2.83 bits per heavy atom. The van der Waals surface area contributed by atoms with Crippen LogP contribution in [0.5, 0.6) is 0 Å². The molecule has 30 heavy (non-hydrogen) atoms. The summed E-state index contributed by atoms with van der Waals surface area (Å²) in [6.45, 7) is 8.02. The summed E-state index contributed by atoms with van der Waals surface area (Å²) < 4.78 is 5.14. The van der Waals surface area contributed by atoms with Crippen LogP contribution in [0.1, 0.15) is 57.6 Å². The number of amides is 1. The van der Waals surface area contributed by atoms with Crippen molar-refractivity contribution < 1.29 is 14.3 Å². The van der Waals surface area contributed by atoms with Crippen LogP contribution in [-0.2, 0) is 11.2 Å². The van der Waals surface area contributed by atoms with Gasteiger partial charge in [-0.1, -0.05) is 6.07 Å². The van der Waals surface area contributed by atoms with Crippen LogP contribution in [0.3, 0.4) is 0 Å². The first-order valence-corrected chi connectivity index (χ1v) is 10.7. The lowest BCUT2D eigenvalue weighted by atomic mass is 10.0. The summed E-state index contributed by atoms with van der Waals surface area (Å²) in [4.78, 5) is 37.2. The highest BCUT2D eigenvalue weighted by molar-refractivity contribution is 6.00. The molecule has 0 aromatic carbocycles. The second kappa shape index (κ2) is 9.89. The Hall–Kier alpha value is -2.67. The van der Waals surface area contributed by atoms with Gasteiger partial charge in [0, 0.05) is 49.7 Å². The highest BCUT2D eigenvalue weighted by atomic mass is 16.5. The van der Waals surface area contributed by atoms with Gasteiger partial charge in [0.25, 0.3) is 5.91 Å². The summed E-state index contributed by atoms with van der Waals surface area (Å²) in [6, 6.07) is 6.29. The SMILES string of the molecule is CCOC(=O)c1c(C)[nH]c(C(=O)N2CCC[C@@H](N(C)CCc3ccccn3)C2)c1C. The van der Waals surface area contributed by atoms with Crippen LogP contribution in [0.4, 0.5) is 0 Å². The number of carbonyl (C=O) groups excluding carboxylic acids is 2. The summed E-state index contributed by atoms with van der Waals surface area (Å²) in [6.07, 6.45) is 4.74. The molecule has 7 nitrogen and oxygen atoms in total. The van der Waals surface area contributed by atoms with Gasteiger partial charge in [-0.15, -0.1) is 0 Å². The Morgan fingerprint density at radius 1 is 1.33 bits per heavy atom. The Labute approximate surface area is 178 Å². The van der Waals surface area contributed by atoms with Crippen molar-refractivity contribution in [2.75, 3.05) is 33.3 Å². The van der Waals surface area contributed by atoms with Crippen molar-refractivity contribution >= 4 is 11.9 Å². The van der Waals surface area contributed by atoms with Crippen molar-refractivity contribution in [3.63, 3.8) is 0 Å². The molecule has 1 N–H and O–H groups in total. The molecule has 0 spiro atoms. The molecule has 2 aromatic rings. The van der Waals surface area contributed by atoms with Gasteiger partial charge in [0.1, 0.15) is 5.69 Å². The topological polar surface area (TPSA) is 78.5 Å². The van der Waals surface area contributed by atoms with E-state index < -0.39 is 0 Å². The molecule has 0 saturated carbocycles. The third-order valence-corrected chi connectivity index (χ3v) is 5.88. The summed E-state index contributed by atoms with van der Waals surface area (Å²) in [5.41, 5.74) is 3.39. The zero-order chi connectivity index (χ0) is 21.7. The van der Waals surface area contributed by atoms with Crippen LogP contribution in [0.15, 0.2) is 24.4 Å². The fraction of sp³-hybridized carbons (Fsp3) is 0.522. The van der Waals surface area contributed by atoms with Gasteiger partial charge in [0.05, 0.1) is 12.2 Å². The molecule has 1 atom stereocenters. The number of aromatic amines is 1. The Morgan fingerprint density at radius 2 is 2.13 bits per heavy atom. The molecule has 3 heterocycles. The number of hydrogen-bond donors (Lipinski definition) is 1. The number of aryl methyl sites for hydroxylation is 1. The van der Waals surface area contributed by atoms with E-state index in [1.54, 1.807) is 13.8 Å². The molecule has 3 rings (SSSR count). The van der Waals surface area contributed by atoms with Crippen LogP contribution in [0.2, 0.25) is 0 Å². The van der Waals surface area contributed by atoms with Gasteiger partial charge >= 0.3 is 5.97 Å². The van der Waals surface area contributed by atoms with Gasteiger partial charge in [-0.05, 0) is 58.4 Å². The molecule has 0 aliphatic carbocycles. The number of likely N-dealkylation sites (tertiary alicyclic amines) is 1. The Balaban J connectivity index is 1.65. The van der Waals surface area contributed by atoms with Crippen LogP contribution < -0.4 is 0 Å². The summed E-state index contributed by atoms with van der Waals surface area (Å²) in [5, 5.41) is 0. The van der Waals surface area contributed by atoms with E-state index in [9.17, 15) is 9.59 Å². The first kappa shape index (κ1) is 22.0. The Kier molecular flexibility index (Phi) is 7.26. The molecule has 7 heteroatoms. The number of carbonyl (C=O) groups is 2. The predicted octanol–water partition coefficient (Wildman–Crippen LogP) is 2.98. The number of aromatic nitrogens is 2. The largest absolute Gasteiger partial charge is 0.462 e. The van der Waals surface area contributed by atoms with Crippen molar-refractivity contribution in [1.82, 2.24) is 19.8 Å². The molecule has 0 unspecified atom stereocenters. The average molecular weight is 413 g/mol. The minimum atomic E-state index is -0.381. The molecule has 162 valence electrons. The van der Waals surface area contributed by atoms with Crippen LogP contribution >= 0.6 is 0 Å². The number of likely N-dealkylation sites (N-methyl/N-ethyl adjacent to an activating group) is 1. The first-order chi connectivity index (χ1) is 14.4. The maximum atomic E-state index is 13.2. The third-order valence-electron chi connectivity index (χ3n) is 5.88. The molecule has 1 fully saturated rings. The van der Waals surface area contributed by atoms with Gasteiger partial charge in [0.15, 0.2) is 0 Å². The van der Waals surface area contributed by atoms with Crippen molar-refractivity contribution in [2.45, 2.75) is 46.1 Å². The van der Waals surface area contributed by atoms with Crippen molar-refractivity contribution in [3.8, 4) is 0 Å². The van der Waals surface area contributed by atoms with E-state index in [-0.39, 0.29) is 11.9 Å². The van der Waals surface area contributed by atoms with E-state index in [0.29, 0.717) is 41.7 Å². The summed E-state index contributed by atoms with van der Waals surface area (Å²) >= 11 is 0. The normalized spacial score (nSPS) is 16.7. The second-order valence-corrected chi connectivity index (χ2v) is 7.94. The molecular formula is C23H32N4O3. The van der Waals surface area contributed by atoms with Crippen molar-refractivity contribution in [1.29, 1.82) is 0 Å². The average Bonchev–Trinajstić information content (AvgIpc) is 3.06. The standard InChI is InChI=1S/C23H32N4O3/c1-5-30-23(29)20-16(2)21(25-17(20)3)22(28)27-13-8-10-19(15-27)26(4)14-11-18-9-6-7-12-24-18/h6-7,9,12,19,25H,5,8,10-11,13-15H2,1-4H3/t19-/m1/s1. The predicted molar refractivity (Wildman–Crippen MR) is 116 cm³/mol. The van der Waals surface area contributed by atoms with Crippen LogP contribution in [0, 0.1) is 13.8 Å². The second-order valence-electron chi connectivity index (χ2n) is 7.94. The minimum Gasteiger partial charge on any atom is -0.462 e. The van der Waals surface area contributed by atoms with Gasteiger partial charge in [-0.2, -0.15) is 0 Å². The smallest absolute Gasteiger partial charge is 0.340 e. The number of nitrogens with zero attached hydrogens (tertiary/aromatic N) is 3. The van der Waals surface area contributed by atoms with E-state index in [1.165, 1.54) is 0 Å². The number of rotatable bonds is 7. The molecule has 1 amide bonds. The van der Waals surface area contributed by atoms with Crippen molar-refractivity contribution in [3.05, 3.63) is 52.6 Å². The lowest BCUT2D eigenvalue weighted by Gasteiger charge is -2.37. The van der Waals surface area contributed by atoms with Gasteiger partial charge in [-0.25, -0.2) is 4.79 Å². The molecule has 1 saturated heterocycles. The third kappa shape index (κ3) is 4.90. The van der Waals surface area contributed by atoms with Gasteiger partial charge < -0.3 is 19.5 Å². The maximum Gasteiger partial charge on any atom is 0.340 e. The molecule has 0 radical (unpaired) electrons. The number of nitrogens with one attached hydrogen (secondary N) is 1. The van der Waals surface area contributed by atoms with Crippen LogP contribution in [-0.4, -0.2) is 71.0 Å². The number of pyridine rings is 1. The molecular weight excluding hydrogens is 380 g/mol. The summed E-state index contributed by atoms with van der Waals surface area (Å²) in [5.74, 6) is -0.428. The number of ether oxygens (including phenoxy) is 1. The summed E-state index contributed by atoms with van der Waals surface area (Å²) in [7, 11) is 2.12. The van der Waals surface area contributed by atoms with E-state index in [2.05, 4.69) is 21.9 Å². The molecule has 1 aliphatic rings. The maximum absolute atomic E-state index is 13.2. The minimum absolute atomic E-state index is 0.0472. The zero-order valence-electron chi connectivity index (χ0n) is 18.4. The fourth-order valence-electron chi connectivity index (χ4n) is 4.15. The monoisotopic (exact) mass is 412 g/mol. The molecule has 1 aliphatic heterocycles. The quantitative estimate of drug-likeness (QED) is 0.708. The molecule has 0 bridgehead atoms. The lowest BCUT2D eigenvalue weighted by molar-refractivity contribution is 0.0525. The molecule has 2 aromatic heterocycles. The van der Waals surface area contributed by atoms with Crippen LogP contribution in [0.25, 0.3) is 0 Å². The first-order valence-electron chi connectivity index (χ1n) is 10.7.